The fourth-order valence-electron chi connectivity index (χ4n) is 2.99. The van der Waals surface area contributed by atoms with Crippen LogP contribution in [-0.2, 0) is 0 Å². The van der Waals surface area contributed by atoms with Gasteiger partial charge in [0.05, 0.1) is 17.7 Å². The molecule has 1 aliphatic rings. The highest BCUT2D eigenvalue weighted by molar-refractivity contribution is 7.99. The van der Waals surface area contributed by atoms with E-state index in [4.69, 9.17) is 16.3 Å². The van der Waals surface area contributed by atoms with Crippen LogP contribution in [0.1, 0.15) is 23.2 Å². The number of carbonyl (C=O) groups is 1. The van der Waals surface area contributed by atoms with Crippen molar-refractivity contribution in [3.63, 3.8) is 0 Å². The summed E-state index contributed by atoms with van der Waals surface area (Å²) in [5.41, 5.74) is 0.607. The van der Waals surface area contributed by atoms with E-state index >= 15 is 0 Å². The van der Waals surface area contributed by atoms with Gasteiger partial charge in [-0.25, -0.2) is 0 Å². The molecule has 0 aliphatic carbocycles. The number of hydrogen-bond acceptors (Lipinski definition) is 3. The van der Waals surface area contributed by atoms with Crippen LogP contribution in [0.5, 0.6) is 5.75 Å². The van der Waals surface area contributed by atoms with Gasteiger partial charge in [0, 0.05) is 23.7 Å². The number of hydrogen-bond donors (Lipinski definition) is 0. The molecule has 2 aromatic rings. The Morgan fingerprint density at radius 3 is 2.48 bits per heavy atom. The zero-order valence-corrected chi connectivity index (χ0v) is 15.9. The Hall–Kier alpha value is -1.65. The second-order valence-corrected chi connectivity index (χ2v) is 7.70. The molecule has 0 spiro atoms. The number of likely N-dealkylation sites (tertiary alicyclic amines) is 1. The van der Waals surface area contributed by atoms with Gasteiger partial charge in [-0.2, -0.15) is 0 Å². The lowest BCUT2D eigenvalue weighted by atomic mass is 9.98. The third kappa shape index (κ3) is 4.71. The quantitative estimate of drug-likeness (QED) is 0.689. The van der Waals surface area contributed by atoms with E-state index in [9.17, 15) is 4.79 Å². The monoisotopic (exact) mass is 375 g/mol. The highest BCUT2D eigenvalue weighted by Crippen LogP contribution is 2.28. The molecule has 1 saturated heterocycles. The van der Waals surface area contributed by atoms with E-state index in [1.165, 1.54) is 4.90 Å². The number of piperidine rings is 1. The number of amides is 1. The van der Waals surface area contributed by atoms with Gasteiger partial charge in [-0.15, -0.1) is 11.8 Å². The number of ether oxygens (including phenoxy) is 1. The summed E-state index contributed by atoms with van der Waals surface area (Å²) < 4.78 is 5.19. The van der Waals surface area contributed by atoms with Crippen molar-refractivity contribution < 1.29 is 9.53 Å². The first kappa shape index (κ1) is 18.2. The van der Waals surface area contributed by atoms with Crippen LogP contribution in [0.2, 0.25) is 5.02 Å². The molecule has 0 atom stereocenters. The molecule has 1 aliphatic heterocycles. The van der Waals surface area contributed by atoms with Crippen molar-refractivity contribution in [2.24, 2.45) is 5.92 Å². The van der Waals surface area contributed by atoms with Crippen LogP contribution in [0.15, 0.2) is 53.4 Å². The van der Waals surface area contributed by atoms with Crippen LogP contribution >= 0.6 is 23.4 Å². The Bertz CT molecular complexity index is 712. The molecule has 132 valence electrons. The number of methoxy groups -OCH3 is 1. The van der Waals surface area contributed by atoms with Crippen LogP contribution in [0.4, 0.5) is 0 Å². The number of thioether (sulfide) groups is 1. The summed E-state index contributed by atoms with van der Waals surface area (Å²) in [6.07, 6.45) is 2.08. The molecule has 0 saturated carbocycles. The Morgan fingerprint density at radius 2 is 1.84 bits per heavy atom. The summed E-state index contributed by atoms with van der Waals surface area (Å²) in [5, 5.41) is 0.532. The molecule has 0 unspecified atom stereocenters. The average molecular weight is 376 g/mol. The molecule has 3 nitrogen and oxygen atoms in total. The third-order valence-corrected chi connectivity index (χ3v) is 6.12. The summed E-state index contributed by atoms with van der Waals surface area (Å²) in [5.74, 6) is 2.66. The van der Waals surface area contributed by atoms with Gasteiger partial charge in [-0.1, -0.05) is 23.7 Å². The first-order valence-electron chi connectivity index (χ1n) is 8.48. The predicted molar refractivity (Wildman–Crippen MR) is 104 cm³/mol. The number of benzene rings is 2. The fourth-order valence-corrected chi connectivity index (χ4v) is 4.30. The van der Waals surface area contributed by atoms with Crippen molar-refractivity contribution in [2.45, 2.75) is 17.7 Å². The zero-order valence-electron chi connectivity index (χ0n) is 14.3. The minimum Gasteiger partial charge on any atom is -0.497 e. The lowest BCUT2D eigenvalue weighted by molar-refractivity contribution is 0.0699. The first-order valence-corrected chi connectivity index (χ1v) is 9.84. The van der Waals surface area contributed by atoms with Gasteiger partial charge < -0.3 is 9.64 Å². The maximum absolute atomic E-state index is 12.6. The summed E-state index contributed by atoms with van der Waals surface area (Å²) >= 11 is 8.02. The van der Waals surface area contributed by atoms with E-state index in [1.54, 1.807) is 19.2 Å². The van der Waals surface area contributed by atoms with Crippen molar-refractivity contribution in [3.8, 4) is 5.75 Å². The average Bonchev–Trinajstić information content (AvgIpc) is 2.67. The molecule has 0 aromatic heterocycles. The van der Waals surface area contributed by atoms with Crippen LogP contribution in [0, 0.1) is 5.92 Å². The van der Waals surface area contributed by atoms with Gasteiger partial charge >= 0.3 is 0 Å². The normalized spacial score (nSPS) is 15.2. The molecular weight excluding hydrogens is 354 g/mol. The molecule has 5 heteroatoms. The van der Waals surface area contributed by atoms with Crippen molar-refractivity contribution in [3.05, 3.63) is 59.1 Å². The molecule has 1 heterocycles. The number of halogens is 1. The second-order valence-electron chi connectivity index (χ2n) is 6.20. The summed E-state index contributed by atoms with van der Waals surface area (Å²) in [7, 11) is 1.68. The Balaban J connectivity index is 1.48. The van der Waals surface area contributed by atoms with E-state index in [2.05, 4.69) is 12.1 Å². The summed E-state index contributed by atoms with van der Waals surface area (Å²) in [6, 6.07) is 15.5. The molecule has 0 radical (unpaired) electrons. The lowest BCUT2D eigenvalue weighted by Crippen LogP contribution is -2.39. The number of rotatable bonds is 5. The van der Waals surface area contributed by atoms with Crippen LogP contribution in [0.3, 0.4) is 0 Å². The van der Waals surface area contributed by atoms with Gasteiger partial charge in [0.25, 0.3) is 5.91 Å². The molecule has 1 fully saturated rings. The highest BCUT2D eigenvalue weighted by atomic mass is 35.5. The molecule has 1 amide bonds. The van der Waals surface area contributed by atoms with E-state index in [-0.39, 0.29) is 5.91 Å². The van der Waals surface area contributed by atoms with Gasteiger partial charge in [0.1, 0.15) is 5.75 Å². The molecule has 3 rings (SSSR count). The molecule has 0 bridgehead atoms. The van der Waals surface area contributed by atoms with Crippen molar-refractivity contribution in [1.29, 1.82) is 0 Å². The maximum Gasteiger partial charge on any atom is 0.255 e. The van der Waals surface area contributed by atoms with E-state index in [0.717, 1.165) is 37.4 Å². The van der Waals surface area contributed by atoms with Crippen LogP contribution < -0.4 is 4.74 Å². The largest absolute Gasteiger partial charge is 0.497 e. The van der Waals surface area contributed by atoms with Crippen molar-refractivity contribution in [1.82, 2.24) is 4.90 Å². The van der Waals surface area contributed by atoms with Crippen molar-refractivity contribution in [2.75, 3.05) is 26.0 Å². The van der Waals surface area contributed by atoms with Crippen molar-refractivity contribution >= 4 is 29.3 Å². The molecule has 2 aromatic carbocycles. The molecule has 25 heavy (non-hydrogen) atoms. The van der Waals surface area contributed by atoms with E-state index < -0.39 is 0 Å². The van der Waals surface area contributed by atoms with E-state index in [1.807, 2.05) is 40.9 Å². The smallest absolute Gasteiger partial charge is 0.255 e. The zero-order chi connectivity index (χ0) is 17.6. The third-order valence-electron chi connectivity index (χ3n) is 4.55. The minimum atomic E-state index is 0.0480. The molecular formula is C20H22ClNO2S. The Kier molecular flexibility index (Phi) is 6.27. The van der Waals surface area contributed by atoms with Gasteiger partial charge in [-0.3, -0.25) is 4.79 Å². The van der Waals surface area contributed by atoms with E-state index in [0.29, 0.717) is 16.5 Å². The Labute approximate surface area is 158 Å². The SMILES string of the molecule is COc1ccc(SCC2CCN(C(=O)c3ccccc3Cl)CC2)cc1. The number of nitrogens with zero attached hydrogens (tertiary/aromatic N) is 1. The topological polar surface area (TPSA) is 29.5 Å². The summed E-state index contributed by atoms with van der Waals surface area (Å²) in [6.45, 7) is 1.61. The van der Waals surface area contributed by atoms with Gasteiger partial charge in [0.2, 0.25) is 0 Å². The van der Waals surface area contributed by atoms with Crippen LogP contribution in [-0.4, -0.2) is 36.8 Å². The minimum absolute atomic E-state index is 0.0480. The Morgan fingerprint density at radius 1 is 1.16 bits per heavy atom. The predicted octanol–water partition coefficient (Wildman–Crippen LogP) is 4.99. The summed E-state index contributed by atoms with van der Waals surface area (Å²) in [4.78, 5) is 15.8. The standard InChI is InChI=1S/C20H22ClNO2S/c1-24-16-6-8-17(9-7-16)25-14-15-10-12-22(13-11-15)20(23)18-4-2-3-5-19(18)21/h2-9,15H,10-14H2,1H3. The lowest BCUT2D eigenvalue weighted by Gasteiger charge is -2.32. The van der Waals surface area contributed by atoms with Gasteiger partial charge in [-0.05, 0) is 55.2 Å². The van der Waals surface area contributed by atoms with Crippen LogP contribution in [0.25, 0.3) is 0 Å². The molecule has 0 N–H and O–H groups in total. The maximum atomic E-state index is 12.6. The second kappa shape index (κ2) is 8.63. The van der Waals surface area contributed by atoms with Gasteiger partial charge in [0.15, 0.2) is 0 Å². The number of carbonyl (C=O) groups excluding carboxylic acids is 1. The highest BCUT2D eigenvalue weighted by Gasteiger charge is 2.24. The fraction of sp³-hybridized carbons (Fsp3) is 0.350. The first-order chi connectivity index (χ1) is 12.2.